The van der Waals surface area contributed by atoms with Gasteiger partial charge < -0.3 is 10.1 Å². The van der Waals surface area contributed by atoms with Crippen molar-refractivity contribution in [1.82, 2.24) is 4.31 Å². The van der Waals surface area contributed by atoms with E-state index in [2.05, 4.69) is 5.32 Å². The lowest BCUT2D eigenvalue weighted by Crippen LogP contribution is -2.49. The van der Waals surface area contributed by atoms with Gasteiger partial charge in [0.05, 0.1) is 19.1 Å². The van der Waals surface area contributed by atoms with Crippen LogP contribution in [0.3, 0.4) is 0 Å². The van der Waals surface area contributed by atoms with Gasteiger partial charge in [-0.2, -0.15) is 4.31 Å². The normalized spacial score (nSPS) is 19.7. The van der Waals surface area contributed by atoms with Crippen molar-refractivity contribution in [3.63, 3.8) is 0 Å². The Bertz CT molecular complexity index is 658. The number of amides is 1. The van der Waals surface area contributed by atoms with Crippen molar-refractivity contribution in [2.75, 3.05) is 25.2 Å². The number of hydrogen-bond acceptors (Lipinski definition) is 4. The summed E-state index contributed by atoms with van der Waals surface area (Å²) in [6.07, 6.45) is 3.30. The number of sulfonamides is 1. The molecule has 22 heavy (non-hydrogen) atoms. The number of nitrogens with zero attached hydrogens (tertiary/aromatic N) is 1. The van der Waals surface area contributed by atoms with E-state index < -0.39 is 16.1 Å². The summed E-state index contributed by atoms with van der Waals surface area (Å²) < 4.78 is 30.2. The van der Waals surface area contributed by atoms with Crippen LogP contribution in [-0.2, 0) is 14.8 Å². The van der Waals surface area contributed by atoms with Crippen molar-refractivity contribution in [3.8, 4) is 5.75 Å². The van der Waals surface area contributed by atoms with E-state index in [1.165, 1.54) is 11.4 Å². The first-order chi connectivity index (χ1) is 10.3. The zero-order chi connectivity index (χ0) is 16.3. The van der Waals surface area contributed by atoms with Crippen molar-refractivity contribution in [1.29, 1.82) is 0 Å². The molecule has 1 heterocycles. The molecule has 0 spiro atoms. The van der Waals surface area contributed by atoms with Gasteiger partial charge in [0.2, 0.25) is 15.9 Å². The van der Waals surface area contributed by atoms with E-state index in [0.29, 0.717) is 24.4 Å². The molecule has 1 unspecified atom stereocenters. The molecule has 0 bridgehead atoms. The van der Waals surface area contributed by atoms with E-state index in [1.54, 1.807) is 6.07 Å². The van der Waals surface area contributed by atoms with Gasteiger partial charge in [-0.1, -0.05) is 12.5 Å². The Labute approximate surface area is 131 Å². The maximum Gasteiger partial charge on any atom is 0.242 e. The lowest BCUT2D eigenvalue weighted by molar-refractivity contribution is -0.120. The largest absolute Gasteiger partial charge is 0.495 e. The topological polar surface area (TPSA) is 75.7 Å². The molecule has 1 aliphatic rings. The van der Waals surface area contributed by atoms with Crippen molar-refractivity contribution in [2.45, 2.75) is 32.2 Å². The van der Waals surface area contributed by atoms with Gasteiger partial charge in [-0.25, -0.2) is 8.42 Å². The first kappa shape index (κ1) is 16.8. The Balaban J connectivity index is 2.22. The Kier molecular flexibility index (Phi) is 5.08. The van der Waals surface area contributed by atoms with Crippen molar-refractivity contribution < 1.29 is 17.9 Å². The van der Waals surface area contributed by atoms with Crippen LogP contribution >= 0.6 is 0 Å². The fourth-order valence-corrected chi connectivity index (χ4v) is 3.82. The van der Waals surface area contributed by atoms with E-state index in [1.807, 2.05) is 19.1 Å². The summed E-state index contributed by atoms with van der Waals surface area (Å²) >= 11 is 0. The first-order valence-electron chi connectivity index (χ1n) is 7.25. The van der Waals surface area contributed by atoms with E-state index in [9.17, 15) is 13.2 Å². The molecule has 122 valence electrons. The minimum Gasteiger partial charge on any atom is -0.495 e. The standard InChI is InChI=1S/C15H22N2O4S/c1-11-7-8-14(21-2)12(10-11)16-15(18)13-6-4-5-9-17(13)22(3,19)20/h7-8,10,13H,4-6,9H2,1-3H3,(H,16,18). The van der Waals surface area contributed by atoms with Crippen molar-refractivity contribution in [2.24, 2.45) is 0 Å². The van der Waals surface area contributed by atoms with Gasteiger partial charge in [-0.05, 0) is 37.5 Å². The lowest BCUT2D eigenvalue weighted by Gasteiger charge is -2.32. The molecule has 0 radical (unpaired) electrons. The number of aryl methyl sites for hydroxylation is 1. The second-order valence-electron chi connectivity index (χ2n) is 5.58. The highest BCUT2D eigenvalue weighted by Gasteiger charge is 2.34. The third-order valence-corrected chi connectivity index (χ3v) is 5.08. The quantitative estimate of drug-likeness (QED) is 0.915. The minimum atomic E-state index is -3.39. The molecule has 2 rings (SSSR count). The first-order valence-corrected chi connectivity index (χ1v) is 9.10. The Hall–Kier alpha value is -1.60. The van der Waals surface area contributed by atoms with Crippen LogP contribution in [0.2, 0.25) is 0 Å². The predicted molar refractivity (Wildman–Crippen MR) is 85.5 cm³/mol. The van der Waals surface area contributed by atoms with Crippen LogP contribution in [0, 0.1) is 6.92 Å². The van der Waals surface area contributed by atoms with Gasteiger partial charge in [0.1, 0.15) is 11.8 Å². The Morgan fingerprint density at radius 2 is 2.09 bits per heavy atom. The summed E-state index contributed by atoms with van der Waals surface area (Å²) in [5.41, 5.74) is 1.55. The van der Waals surface area contributed by atoms with Gasteiger partial charge in [0, 0.05) is 6.54 Å². The molecule has 1 amide bonds. The lowest BCUT2D eigenvalue weighted by atomic mass is 10.0. The highest BCUT2D eigenvalue weighted by Crippen LogP contribution is 2.27. The monoisotopic (exact) mass is 326 g/mol. The molecule has 1 saturated heterocycles. The van der Waals surface area contributed by atoms with Crippen LogP contribution in [0.15, 0.2) is 18.2 Å². The van der Waals surface area contributed by atoms with Crippen LogP contribution in [0.25, 0.3) is 0 Å². The van der Waals surface area contributed by atoms with Gasteiger partial charge in [0.25, 0.3) is 0 Å². The SMILES string of the molecule is COc1ccc(C)cc1NC(=O)C1CCCCN1S(C)(=O)=O. The van der Waals surface area contributed by atoms with Crippen molar-refractivity contribution >= 4 is 21.6 Å². The van der Waals surface area contributed by atoms with Crippen LogP contribution in [-0.4, -0.2) is 44.6 Å². The highest BCUT2D eigenvalue weighted by molar-refractivity contribution is 7.88. The number of ether oxygens (including phenoxy) is 1. The summed E-state index contributed by atoms with van der Waals surface area (Å²) in [5, 5.41) is 2.80. The summed E-state index contributed by atoms with van der Waals surface area (Å²) in [6.45, 7) is 2.31. The molecule has 1 N–H and O–H groups in total. The van der Waals surface area contributed by atoms with Gasteiger partial charge in [0.15, 0.2) is 0 Å². The zero-order valence-corrected chi connectivity index (χ0v) is 13.9. The van der Waals surface area contributed by atoms with E-state index in [4.69, 9.17) is 4.74 Å². The Morgan fingerprint density at radius 1 is 1.36 bits per heavy atom. The number of nitrogens with one attached hydrogen (secondary N) is 1. The van der Waals surface area contributed by atoms with E-state index in [0.717, 1.165) is 24.7 Å². The average molecular weight is 326 g/mol. The Morgan fingerprint density at radius 3 is 2.73 bits per heavy atom. The van der Waals surface area contributed by atoms with Crippen LogP contribution in [0.5, 0.6) is 5.75 Å². The third kappa shape index (κ3) is 3.78. The molecule has 1 aromatic rings. The number of benzene rings is 1. The molecule has 6 nitrogen and oxygen atoms in total. The van der Waals surface area contributed by atoms with E-state index in [-0.39, 0.29) is 5.91 Å². The third-order valence-electron chi connectivity index (χ3n) is 3.80. The summed E-state index contributed by atoms with van der Waals surface area (Å²) in [7, 11) is -1.86. The van der Waals surface area contributed by atoms with Gasteiger partial charge >= 0.3 is 0 Å². The fraction of sp³-hybridized carbons (Fsp3) is 0.533. The fourth-order valence-electron chi connectivity index (χ4n) is 2.70. The number of anilines is 1. The summed E-state index contributed by atoms with van der Waals surface area (Å²) in [5.74, 6) is 0.245. The molecular formula is C15H22N2O4S. The molecule has 1 atom stereocenters. The number of carbonyl (C=O) groups excluding carboxylic acids is 1. The maximum absolute atomic E-state index is 12.5. The summed E-state index contributed by atoms with van der Waals surface area (Å²) in [6, 6.07) is 4.82. The second kappa shape index (κ2) is 6.66. The van der Waals surface area contributed by atoms with E-state index >= 15 is 0 Å². The molecule has 1 fully saturated rings. The zero-order valence-electron chi connectivity index (χ0n) is 13.1. The highest BCUT2D eigenvalue weighted by atomic mass is 32.2. The van der Waals surface area contributed by atoms with Crippen LogP contribution in [0.1, 0.15) is 24.8 Å². The average Bonchev–Trinajstić information content (AvgIpc) is 2.46. The number of rotatable bonds is 4. The van der Waals surface area contributed by atoms with Crippen LogP contribution < -0.4 is 10.1 Å². The van der Waals surface area contributed by atoms with Gasteiger partial charge in [-0.3, -0.25) is 4.79 Å². The maximum atomic E-state index is 12.5. The summed E-state index contributed by atoms with van der Waals surface area (Å²) in [4.78, 5) is 12.5. The number of methoxy groups -OCH3 is 1. The second-order valence-corrected chi connectivity index (χ2v) is 7.51. The number of hydrogen-bond donors (Lipinski definition) is 1. The van der Waals surface area contributed by atoms with Crippen molar-refractivity contribution in [3.05, 3.63) is 23.8 Å². The molecule has 1 aliphatic heterocycles. The number of carbonyl (C=O) groups is 1. The predicted octanol–water partition coefficient (Wildman–Crippen LogP) is 1.76. The minimum absolute atomic E-state index is 0.311. The molecule has 0 aromatic heterocycles. The smallest absolute Gasteiger partial charge is 0.242 e. The number of piperidine rings is 1. The molecule has 1 aromatic carbocycles. The molecular weight excluding hydrogens is 304 g/mol. The molecule has 0 aliphatic carbocycles. The van der Waals surface area contributed by atoms with Crippen LogP contribution in [0.4, 0.5) is 5.69 Å². The molecule has 0 saturated carbocycles. The van der Waals surface area contributed by atoms with Gasteiger partial charge in [-0.15, -0.1) is 0 Å². The molecule has 7 heteroatoms.